The van der Waals surface area contributed by atoms with Gasteiger partial charge in [0.25, 0.3) is 0 Å². The molecule has 47 heavy (non-hydrogen) atoms. The summed E-state index contributed by atoms with van der Waals surface area (Å²) in [5.41, 5.74) is 0.434. The molecule has 8 rings (SSSR count). The summed E-state index contributed by atoms with van der Waals surface area (Å²) in [6.07, 6.45) is 5.96. The molecule has 1 amide bonds. The number of hydrogen-bond acceptors (Lipinski definition) is 9. The predicted octanol–water partition coefficient (Wildman–Crippen LogP) is 5.09. The van der Waals surface area contributed by atoms with Crippen molar-refractivity contribution in [1.82, 2.24) is 30.1 Å². The van der Waals surface area contributed by atoms with Gasteiger partial charge in [-0.3, -0.25) is 9.88 Å². The van der Waals surface area contributed by atoms with Crippen LogP contribution in [0.5, 0.6) is 5.75 Å². The van der Waals surface area contributed by atoms with E-state index in [0.29, 0.717) is 51.4 Å². The summed E-state index contributed by atoms with van der Waals surface area (Å²) in [6, 6.07) is 6.58. The topological polar surface area (TPSA) is 107 Å². The fourth-order valence-corrected chi connectivity index (χ4v) is 8.59. The Balaban J connectivity index is 1.30. The Morgan fingerprint density at radius 1 is 1.21 bits per heavy atom. The number of nitrogens with zero attached hydrogens (tertiary/aromatic N) is 6. The van der Waals surface area contributed by atoms with E-state index in [1.54, 1.807) is 32.4 Å². The van der Waals surface area contributed by atoms with Gasteiger partial charge in [0.2, 0.25) is 0 Å². The normalized spacial score (nSPS) is 25.3. The molecule has 0 radical (unpaired) electrons. The number of rotatable bonds is 6. The second kappa shape index (κ2) is 11.2. The van der Waals surface area contributed by atoms with Crippen LogP contribution in [0.4, 0.5) is 19.4 Å². The summed E-state index contributed by atoms with van der Waals surface area (Å²) < 4.78 is 37.8. The smallest absolute Gasteiger partial charge is 0.409 e. The number of aromatic nitrogens is 3. The van der Waals surface area contributed by atoms with Crippen LogP contribution >= 0.6 is 0 Å². The Hall–Kier alpha value is -4.16. The summed E-state index contributed by atoms with van der Waals surface area (Å²) in [6.45, 7) is 4.52. The van der Waals surface area contributed by atoms with Gasteiger partial charge in [0.05, 0.1) is 10.9 Å². The third kappa shape index (κ3) is 4.70. The van der Waals surface area contributed by atoms with Gasteiger partial charge in [-0.15, -0.1) is 0 Å². The number of anilines is 1. The highest BCUT2D eigenvalue weighted by Gasteiger charge is 2.53. The Kier molecular flexibility index (Phi) is 7.21. The molecule has 0 aliphatic carbocycles. The molecule has 2 bridgehead atoms. The van der Waals surface area contributed by atoms with Crippen molar-refractivity contribution in [3.8, 4) is 17.0 Å². The molecule has 2 aromatic carbocycles. The van der Waals surface area contributed by atoms with Crippen LogP contribution in [0, 0.1) is 11.6 Å². The molecule has 4 saturated heterocycles. The average Bonchev–Trinajstić information content (AvgIpc) is 3.86. The van der Waals surface area contributed by atoms with Crippen LogP contribution in [0.1, 0.15) is 50.4 Å². The molecule has 4 aliphatic rings. The fourth-order valence-electron chi connectivity index (χ4n) is 8.59. The molecule has 6 heterocycles. The molecule has 0 spiro atoms. The SMILES string of the molecule is CCc1c(F)ccc2cc(O)cc(-c3ncc4c(N5C[C@@H]6C[C@H]5CN6)nc(C56CCCN5[C@@H](COC(=O)N(C)C)CC6)nc4c3F)c12. The van der Waals surface area contributed by atoms with E-state index in [-0.39, 0.29) is 47.6 Å². The predicted molar refractivity (Wildman–Crippen MR) is 174 cm³/mol. The summed E-state index contributed by atoms with van der Waals surface area (Å²) >= 11 is 0. The number of phenolic OH excluding ortho intramolecular Hbond substituents is 1. The number of benzene rings is 2. The number of carbonyl (C=O) groups excluding carboxylic acids is 1. The first-order chi connectivity index (χ1) is 22.7. The maximum absolute atomic E-state index is 17.1. The Bertz CT molecular complexity index is 1920. The molecule has 4 atom stereocenters. The van der Waals surface area contributed by atoms with Crippen molar-refractivity contribution in [2.75, 3.05) is 45.2 Å². The number of aryl methyl sites for hydroxylation is 1. The molecule has 12 heteroatoms. The lowest BCUT2D eigenvalue weighted by Crippen LogP contribution is -2.46. The van der Waals surface area contributed by atoms with Crippen molar-refractivity contribution in [2.24, 2.45) is 0 Å². The van der Waals surface area contributed by atoms with Crippen LogP contribution in [-0.4, -0.2) is 94.4 Å². The summed E-state index contributed by atoms with van der Waals surface area (Å²) in [5, 5.41) is 15.9. The lowest BCUT2D eigenvalue weighted by Gasteiger charge is -2.35. The molecule has 10 nitrogen and oxygen atoms in total. The van der Waals surface area contributed by atoms with Crippen LogP contribution in [0.3, 0.4) is 0 Å². The van der Waals surface area contributed by atoms with Gasteiger partial charge in [-0.05, 0) is 79.6 Å². The zero-order valence-corrected chi connectivity index (χ0v) is 26.9. The summed E-state index contributed by atoms with van der Waals surface area (Å²) in [5.74, 6) is 0.196. The first-order valence-electron chi connectivity index (χ1n) is 16.6. The maximum Gasteiger partial charge on any atom is 0.409 e. The number of piperazine rings is 1. The summed E-state index contributed by atoms with van der Waals surface area (Å²) in [4.78, 5) is 33.2. The number of phenols is 1. The molecular weight excluding hydrogens is 604 g/mol. The van der Waals surface area contributed by atoms with E-state index in [1.165, 1.54) is 17.0 Å². The highest BCUT2D eigenvalue weighted by atomic mass is 19.1. The quantitative estimate of drug-likeness (QED) is 0.297. The van der Waals surface area contributed by atoms with E-state index >= 15 is 8.78 Å². The molecular formula is C35H39F2N7O3. The van der Waals surface area contributed by atoms with Crippen molar-refractivity contribution >= 4 is 33.6 Å². The zero-order valence-electron chi connectivity index (χ0n) is 26.9. The number of halogens is 2. The van der Waals surface area contributed by atoms with E-state index in [2.05, 4.69) is 20.1 Å². The van der Waals surface area contributed by atoms with Crippen molar-refractivity contribution in [3.05, 3.63) is 53.5 Å². The Morgan fingerprint density at radius 3 is 2.81 bits per heavy atom. The van der Waals surface area contributed by atoms with Crippen LogP contribution in [0.15, 0.2) is 30.5 Å². The van der Waals surface area contributed by atoms with E-state index in [1.807, 2.05) is 6.92 Å². The van der Waals surface area contributed by atoms with Crippen LogP contribution in [-0.2, 0) is 16.7 Å². The number of aromatic hydroxyl groups is 1. The largest absolute Gasteiger partial charge is 0.508 e. The van der Waals surface area contributed by atoms with E-state index in [0.717, 1.165) is 51.7 Å². The third-order valence-electron chi connectivity index (χ3n) is 10.8. The molecule has 246 valence electrons. The van der Waals surface area contributed by atoms with Crippen LogP contribution in [0.25, 0.3) is 32.9 Å². The molecule has 4 aromatic rings. The highest BCUT2D eigenvalue weighted by molar-refractivity contribution is 6.01. The minimum atomic E-state index is -0.622. The Labute approximate surface area is 271 Å². The average molecular weight is 644 g/mol. The Morgan fingerprint density at radius 2 is 2.06 bits per heavy atom. The van der Waals surface area contributed by atoms with Gasteiger partial charge in [-0.25, -0.2) is 23.5 Å². The van der Waals surface area contributed by atoms with Crippen LogP contribution < -0.4 is 10.2 Å². The molecule has 1 unspecified atom stereocenters. The van der Waals surface area contributed by atoms with E-state index in [9.17, 15) is 9.90 Å². The molecule has 4 aliphatic heterocycles. The monoisotopic (exact) mass is 643 g/mol. The first-order valence-corrected chi connectivity index (χ1v) is 16.6. The number of nitrogens with one attached hydrogen (secondary N) is 1. The standard InChI is InChI=1S/C35H39F2N7O3/c1-4-24-27(36)7-6-19-12-23(45)14-25(28(19)24)30-29(37)31-26(16-39-30)32(43-17-20-13-22(43)15-38-20)41-33(40-31)35-9-5-11-44(35)21(8-10-35)18-47-34(46)42(2)3/h6-7,12,14,16,20-22,38,45H,4-5,8-11,13,15,17-18H2,1-3H3/t20-,21+,22-,35?/m0/s1. The minimum Gasteiger partial charge on any atom is -0.508 e. The second-order valence-corrected chi connectivity index (χ2v) is 13.7. The molecule has 2 N–H and O–H groups in total. The number of pyridine rings is 1. The van der Waals surface area contributed by atoms with Crippen molar-refractivity contribution in [3.63, 3.8) is 0 Å². The van der Waals surface area contributed by atoms with E-state index < -0.39 is 11.4 Å². The van der Waals surface area contributed by atoms with Gasteiger partial charge >= 0.3 is 6.09 Å². The third-order valence-corrected chi connectivity index (χ3v) is 10.8. The second-order valence-electron chi connectivity index (χ2n) is 13.7. The van der Waals surface area contributed by atoms with Crippen molar-refractivity contribution < 1.29 is 23.4 Å². The van der Waals surface area contributed by atoms with Gasteiger partial charge < -0.3 is 25.0 Å². The highest BCUT2D eigenvalue weighted by Crippen LogP contribution is 2.50. The number of fused-ring (bicyclic) bond motifs is 5. The lowest BCUT2D eigenvalue weighted by atomic mass is 9.92. The van der Waals surface area contributed by atoms with Crippen LogP contribution in [0.2, 0.25) is 0 Å². The molecule has 0 saturated carbocycles. The molecule has 4 fully saturated rings. The van der Waals surface area contributed by atoms with Gasteiger partial charge in [0, 0.05) is 57.1 Å². The number of amides is 1. The molecule has 2 aromatic heterocycles. The minimum absolute atomic E-state index is 0.00927. The number of hydrogen-bond donors (Lipinski definition) is 2. The van der Waals surface area contributed by atoms with E-state index in [4.69, 9.17) is 14.7 Å². The maximum atomic E-state index is 17.1. The van der Waals surface area contributed by atoms with Gasteiger partial charge in [0.15, 0.2) is 11.6 Å². The van der Waals surface area contributed by atoms with Crippen molar-refractivity contribution in [1.29, 1.82) is 0 Å². The van der Waals surface area contributed by atoms with Gasteiger partial charge in [-0.1, -0.05) is 13.0 Å². The van der Waals surface area contributed by atoms with Gasteiger partial charge in [0.1, 0.15) is 35.2 Å². The zero-order chi connectivity index (χ0) is 32.6. The first kappa shape index (κ1) is 30.2. The number of carbonyl (C=O) groups is 1. The number of ether oxygens (including phenoxy) is 1. The van der Waals surface area contributed by atoms with Gasteiger partial charge in [-0.2, -0.15) is 0 Å². The lowest BCUT2D eigenvalue weighted by molar-refractivity contribution is 0.0660. The van der Waals surface area contributed by atoms with Crippen molar-refractivity contribution in [2.45, 2.75) is 69.1 Å². The summed E-state index contributed by atoms with van der Waals surface area (Å²) in [7, 11) is 3.33. The fraction of sp³-hybridized carbons (Fsp3) is 0.486.